The molecule has 0 saturated carbocycles. The van der Waals surface area contributed by atoms with Crippen LogP contribution in [0.2, 0.25) is 0 Å². The lowest BCUT2D eigenvalue weighted by Gasteiger charge is -2.35. The van der Waals surface area contributed by atoms with Crippen molar-refractivity contribution in [2.45, 2.75) is 58.3 Å². The number of fused-ring (bicyclic) bond motifs is 2. The molecule has 224 valence electrons. The summed E-state index contributed by atoms with van der Waals surface area (Å²) in [6.07, 6.45) is 8.59. The van der Waals surface area contributed by atoms with Crippen LogP contribution < -0.4 is 4.90 Å². The Morgan fingerprint density at radius 3 is 2.17 bits per heavy atom. The Morgan fingerprint density at radius 2 is 1.50 bits per heavy atom. The predicted octanol–water partition coefficient (Wildman–Crippen LogP) is 5.72. The van der Waals surface area contributed by atoms with E-state index in [1.807, 2.05) is 0 Å². The van der Waals surface area contributed by atoms with Gasteiger partial charge in [0.25, 0.3) is 11.8 Å². The van der Waals surface area contributed by atoms with Crippen LogP contribution in [0.25, 0.3) is 10.9 Å². The molecule has 9 nitrogen and oxygen atoms in total. The number of amides is 2. The van der Waals surface area contributed by atoms with Crippen molar-refractivity contribution in [3.63, 3.8) is 0 Å². The summed E-state index contributed by atoms with van der Waals surface area (Å²) < 4.78 is 20.9. The molecule has 5 rings (SSSR count). The molecule has 1 fully saturated rings. The minimum Gasteiger partial charge on any atom is -0.448 e. The third kappa shape index (κ3) is 6.64. The van der Waals surface area contributed by atoms with E-state index in [9.17, 15) is 18.8 Å². The molecule has 0 aliphatic carbocycles. The van der Waals surface area contributed by atoms with Gasteiger partial charge in [-0.1, -0.05) is 64.0 Å². The van der Waals surface area contributed by atoms with Crippen molar-refractivity contribution in [2.24, 2.45) is 0 Å². The lowest BCUT2D eigenvalue weighted by molar-refractivity contribution is 0.0634. The normalized spacial score (nSPS) is 15.6. The van der Waals surface area contributed by atoms with Gasteiger partial charge in [-0.15, -0.1) is 5.10 Å². The number of hydrogen-bond acceptors (Lipinski definition) is 7. The third-order valence-electron chi connectivity index (χ3n) is 8.21. The molecule has 0 atom stereocenters. The Labute approximate surface area is 246 Å². The molecule has 2 aliphatic heterocycles. The summed E-state index contributed by atoms with van der Waals surface area (Å²) in [7, 11) is 0. The molecule has 0 bridgehead atoms. The van der Waals surface area contributed by atoms with E-state index in [1.54, 1.807) is 30.3 Å². The summed E-state index contributed by atoms with van der Waals surface area (Å²) in [5.74, 6) is -0.307. The lowest BCUT2D eigenvalue weighted by Crippen LogP contribution is -2.49. The number of rotatable bonds is 13. The fraction of sp³-hybridized carbons (Fsp3) is 0.500. The highest BCUT2D eigenvalue weighted by atomic mass is 19.1. The second-order valence-electron chi connectivity index (χ2n) is 11.1. The lowest BCUT2D eigenvalue weighted by atomic mass is 10.1. The monoisotopic (exact) mass is 577 g/mol. The van der Waals surface area contributed by atoms with Gasteiger partial charge < -0.3 is 9.64 Å². The van der Waals surface area contributed by atoms with E-state index >= 15 is 0 Å². The number of anilines is 1. The van der Waals surface area contributed by atoms with Crippen LogP contribution in [-0.4, -0.2) is 83.4 Å². The molecule has 0 N–H and O–H groups in total. The van der Waals surface area contributed by atoms with Crippen LogP contribution in [0.1, 0.15) is 79.0 Å². The number of aromatic nitrogens is 2. The molecule has 2 aliphatic rings. The Hall–Kier alpha value is -3.79. The Kier molecular flexibility index (Phi) is 9.84. The minimum atomic E-state index is -0.598. The Morgan fingerprint density at radius 1 is 0.857 bits per heavy atom. The van der Waals surface area contributed by atoms with Gasteiger partial charge in [-0.2, -0.15) is 4.68 Å². The zero-order valence-electron chi connectivity index (χ0n) is 24.4. The predicted molar refractivity (Wildman–Crippen MR) is 160 cm³/mol. The summed E-state index contributed by atoms with van der Waals surface area (Å²) in [6, 6.07) is 11.3. The van der Waals surface area contributed by atoms with Crippen LogP contribution >= 0.6 is 0 Å². The quantitative estimate of drug-likeness (QED) is 0.190. The van der Waals surface area contributed by atoms with Gasteiger partial charge in [-0.3, -0.25) is 19.4 Å². The molecule has 3 heterocycles. The first-order chi connectivity index (χ1) is 20.5. The second-order valence-corrected chi connectivity index (χ2v) is 11.1. The number of piperazine rings is 1. The highest BCUT2D eigenvalue weighted by Crippen LogP contribution is 2.28. The zero-order valence-corrected chi connectivity index (χ0v) is 24.4. The van der Waals surface area contributed by atoms with Gasteiger partial charge in [-0.25, -0.2) is 9.18 Å². The van der Waals surface area contributed by atoms with Crippen LogP contribution in [0.3, 0.4) is 0 Å². The van der Waals surface area contributed by atoms with Crippen molar-refractivity contribution in [2.75, 3.05) is 50.8 Å². The maximum Gasteiger partial charge on any atom is 0.435 e. The van der Waals surface area contributed by atoms with Crippen molar-refractivity contribution in [3.8, 4) is 0 Å². The Balaban J connectivity index is 1.14. The molecule has 1 saturated heterocycles. The largest absolute Gasteiger partial charge is 0.448 e. The van der Waals surface area contributed by atoms with Gasteiger partial charge >= 0.3 is 6.09 Å². The van der Waals surface area contributed by atoms with Crippen molar-refractivity contribution in [3.05, 3.63) is 59.4 Å². The van der Waals surface area contributed by atoms with Crippen molar-refractivity contribution in [1.29, 1.82) is 0 Å². The number of hydrogen-bond donors (Lipinski definition) is 0. The molecule has 0 unspecified atom stereocenters. The Bertz CT molecular complexity index is 1380. The van der Waals surface area contributed by atoms with Gasteiger partial charge in [0.05, 0.1) is 23.3 Å². The van der Waals surface area contributed by atoms with Crippen molar-refractivity contribution < 1.29 is 23.5 Å². The van der Waals surface area contributed by atoms with Gasteiger partial charge in [0.1, 0.15) is 5.82 Å². The maximum atomic E-state index is 14.2. The summed E-state index contributed by atoms with van der Waals surface area (Å²) in [6.45, 7) is 6.09. The number of nitrogens with zero attached hydrogens (tertiary/aromatic N) is 5. The highest BCUT2D eigenvalue weighted by molar-refractivity contribution is 6.21. The molecule has 3 aromatic rings. The number of carbonyl (C=O) groups excluding carboxylic acids is 3. The molecule has 42 heavy (non-hydrogen) atoms. The molecule has 1 aromatic heterocycles. The van der Waals surface area contributed by atoms with E-state index in [1.165, 1.54) is 53.8 Å². The first-order valence-corrected chi connectivity index (χ1v) is 15.3. The number of imide groups is 1. The van der Waals surface area contributed by atoms with Gasteiger partial charge in [0, 0.05) is 50.7 Å². The molecular formula is C32H40FN5O4. The summed E-state index contributed by atoms with van der Waals surface area (Å²) >= 11 is 0. The van der Waals surface area contributed by atoms with E-state index in [4.69, 9.17) is 4.74 Å². The fourth-order valence-corrected chi connectivity index (χ4v) is 5.77. The van der Waals surface area contributed by atoms with Crippen molar-refractivity contribution >= 4 is 34.6 Å². The number of unbranched alkanes of at least 4 members (excludes halogenated alkanes) is 7. The molecule has 10 heteroatoms. The first-order valence-electron chi connectivity index (χ1n) is 15.3. The van der Waals surface area contributed by atoms with Crippen LogP contribution in [0.5, 0.6) is 0 Å². The van der Waals surface area contributed by atoms with E-state index < -0.39 is 11.9 Å². The van der Waals surface area contributed by atoms with Crippen molar-refractivity contribution in [1.82, 2.24) is 19.6 Å². The van der Waals surface area contributed by atoms with Gasteiger partial charge in [0.2, 0.25) is 0 Å². The van der Waals surface area contributed by atoms with Gasteiger partial charge in [-0.05, 0) is 30.7 Å². The third-order valence-corrected chi connectivity index (χ3v) is 8.21. The second kappa shape index (κ2) is 13.9. The average Bonchev–Trinajstić information content (AvgIpc) is 3.50. The van der Waals surface area contributed by atoms with Gasteiger partial charge in [0.15, 0.2) is 5.82 Å². The zero-order chi connectivity index (χ0) is 29.5. The average molecular weight is 578 g/mol. The number of ether oxygens (including phenoxy) is 1. The maximum absolute atomic E-state index is 14.2. The van der Waals surface area contributed by atoms with Crippen LogP contribution in [0.4, 0.5) is 15.0 Å². The van der Waals surface area contributed by atoms with E-state index in [-0.39, 0.29) is 11.8 Å². The number of halogens is 1. The first kappa shape index (κ1) is 29.7. The van der Waals surface area contributed by atoms with E-state index in [0.29, 0.717) is 73.7 Å². The topological polar surface area (TPSA) is 88.0 Å². The summed E-state index contributed by atoms with van der Waals surface area (Å²) in [5.41, 5.74) is 1.31. The fourth-order valence-electron chi connectivity index (χ4n) is 5.77. The molecule has 0 spiro atoms. The van der Waals surface area contributed by atoms with Crippen LogP contribution in [0.15, 0.2) is 42.5 Å². The minimum absolute atomic E-state index is 0.243. The SMILES string of the molecule is CCCCCCCCCCOC(=O)n1nc(N2CCN(CCN3C(=O)c4ccccc4C3=O)CC2)c2ccc(F)cc21. The molecular weight excluding hydrogens is 537 g/mol. The van der Waals surface area contributed by atoms with Crippen LogP contribution in [0, 0.1) is 5.82 Å². The number of carbonyl (C=O) groups is 3. The highest BCUT2D eigenvalue weighted by Gasteiger charge is 2.35. The summed E-state index contributed by atoms with van der Waals surface area (Å²) in [4.78, 5) is 43.9. The number of benzene rings is 2. The van der Waals surface area contributed by atoms with Crippen LogP contribution in [-0.2, 0) is 4.74 Å². The molecule has 2 amide bonds. The van der Waals surface area contributed by atoms with E-state index in [0.717, 1.165) is 19.3 Å². The smallest absolute Gasteiger partial charge is 0.435 e. The van der Waals surface area contributed by atoms with E-state index in [2.05, 4.69) is 21.8 Å². The summed E-state index contributed by atoms with van der Waals surface area (Å²) in [5, 5.41) is 5.27. The molecule has 0 radical (unpaired) electrons. The molecule has 2 aromatic carbocycles. The standard InChI is InChI=1S/C32H40FN5O4/c1-2-3-4-5-6-7-8-11-22-42-32(41)38-28-23-24(33)14-15-27(28)29(34-38)36-19-16-35(17-20-36)18-21-37-30(39)25-12-9-10-13-26(25)31(37)40/h9-10,12-15,23H,2-8,11,16-22H2,1H3.